The van der Waals surface area contributed by atoms with E-state index in [4.69, 9.17) is 9.97 Å². The Hall–Kier alpha value is -0.410. The fourth-order valence-electron chi connectivity index (χ4n) is 4.00. The number of hydrogen-bond donors (Lipinski definition) is 0. The molecule has 0 amide bonds. The van der Waals surface area contributed by atoms with E-state index in [-0.39, 0.29) is 15.8 Å². The summed E-state index contributed by atoms with van der Waals surface area (Å²) in [7, 11) is -1.02. The lowest BCUT2D eigenvalue weighted by Gasteiger charge is -2.31. The van der Waals surface area contributed by atoms with E-state index in [1.807, 2.05) is 12.4 Å². The minimum absolute atomic E-state index is 0.277. The first-order valence-corrected chi connectivity index (χ1v) is 15.1. The largest absolute Gasteiger partial charge is 0.256 e. The smallest absolute Gasteiger partial charge is 0.0715 e. The van der Waals surface area contributed by atoms with Crippen molar-refractivity contribution in [2.75, 3.05) is 6.66 Å². The van der Waals surface area contributed by atoms with Crippen molar-refractivity contribution >= 4 is 45.2 Å². The van der Waals surface area contributed by atoms with Crippen LogP contribution in [0.4, 0.5) is 0 Å². The van der Waals surface area contributed by atoms with Crippen molar-refractivity contribution < 1.29 is 0 Å². The first-order chi connectivity index (χ1) is 13.2. The molecule has 2 nitrogen and oxygen atoms in total. The van der Waals surface area contributed by atoms with Gasteiger partial charge < -0.3 is 0 Å². The highest BCUT2D eigenvalue weighted by atomic mass is 31.1. The number of aromatic nitrogens is 2. The molecule has 0 atom stereocenters. The van der Waals surface area contributed by atoms with Crippen LogP contribution in [-0.4, -0.2) is 39.3 Å². The van der Waals surface area contributed by atoms with E-state index >= 15 is 0 Å². The number of hydrogen-bond acceptors (Lipinski definition) is 2. The highest BCUT2D eigenvalue weighted by Crippen LogP contribution is 2.47. The van der Waals surface area contributed by atoms with Crippen molar-refractivity contribution in [1.29, 1.82) is 0 Å². The summed E-state index contributed by atoms with van der Waals surface area (Å²) in [5.74, 6) is 0. The Bertz CT molecular complexity index is 680. The number of nitrogens with zero attached hydrogens (tertiary/aromatic N) is 2. The molecule has 0 aliphatic carbocycles. The molecule has 2 heterocycles. The van der Waals surface area contributed by atoms with Gasteiger partial charge in [-0.05, 0) is 65.2 Å². The molecule has 0 saturated carbocycles. The van der Waals surface area contributed by atoms with Crippen molar-refractivity contribution in [1.82, 2.24) is 9.97 Å². The van der Waals surface area contributed by atoms with Crippen LogP contribution in [0.15, 0.2) is 36.7 Å². The molecule has 0 aliphatic heterocycles. The van der Waals surface area contributed by atoms with Gasteiger partial charge in [0, 0.05) is 23.0 Å². The molecule has 0 saturated heterocycles. The maximum atomic E-state index is 4.94. The normalized spacial score (nSPS) is 12.6. The highest BCUT2D eigenvalue weighted by molar-refractivity contribution is 7.78. The quantitative estimate of drug-likeness (QED) is 0.521. The molecular formula is C23H37N2P3. The van der Waals surface area contributed by atoms with Crippen LogP contribution in [0.25, 0.3) is 0 Å². The second-order valence-corrected chi connectivity index (χ2v) is 17.1. The zero-order chi connectivity index (χ0) is 21.0. The summed E-state index contributed by atoms with van der Waals surface area (Å²) < 4.78 is 0. The molecule has 2 rings (SSSR count). The second kappa shape index (κ2) is 10.6. The van der Waals surface area contributed by atoms with Crippen LogP contribution >= 0.6 is 23.8 Å². The molecule has 0 radical (unpaired) electrons. The van der Waals surface area contributed by atoms with Gasteiger partial charge in [-0.2, -0.15) is 0 Å². The van der Waals surface area contributed by atoms with Gasteiger partial charge >= 0.3 is 0 Å². The molecule has 28 heavy (non-hydrogen) atoms. The molecule has 0 spiro atoms. The van der Waals surface area contributed by atoms with Crippen molar-refractivity contribution in [2.24, 2.45) is 0 Å². The van der Waals surface area contributed by atoms with Crippen LogP contribution in [0.3, 0.4) is 0 Å². The average molecular weight is 434 g/mol. The zero-order valence-electron chi connectivity index (χ0n) is 19.0. The Labute approximate surface area is 176 Å². The summed E-state index contributed by atoms with van der Waals surface area (Å²) in [6.45, 7) is 21.3. The van der Waals surface area contributed by atoms with Gasteiger partial charge in [0.25, 0.3) is 0 Å². The first-order valence-electron chi connectivity index (χ1n) is 10.4. The SMILES string of the molecule is CC(C)P(c1ncccc1P(C)c1cccnc1P(C(C)C)C(C)C)C(C)C. The van der Waals surface area contributed by atoms with Crippen LogP contribution in [0.5, 0.6) is 0 Å². The second-order valence-electron chi connectivity index (χ2n) is 8.44. The fourth-order valence-corrected chi connectivity index (χ4v) is 12.6. The van der Waals surface area contributed by atoms with Crippen molar-refractivity contribution in [2.45, 2.75) is 78.0 Å². The highest BCUT2D eigenvalue weighted by Gasteiger charge is 2.29. The summed E-state index contributed by atoms with van der Waals surface area (Å²) in [5.41, 5.74) is 5.30. The first kappa shape index (κ1) is 23.9. The van der Waals surface area contributed by atoms with Gasteiger partial charge in [-0.25, -0.2) is 0 Å². The van der Waals surface area contributed by atoms with E-state index in [0.29, 0.717) is 22.6 Å². The third-order valence-corrected chi connectivity index (χ3v) is 13.6. The van der Waals surface area contributed by atoms with E-state index in [0.717, 1.165) is 0 Å². The minimum atomic E-state index is -0.469. The van der Waals surface area contributed by atoms with Crippen LogP contribution in [0, 0.1) is 0 Å². The van der Waals surface area contributed by atoms with E-state index in [1.54, 1.807) is 0 Å². The molecule has 154 valence electrons. The topological polar surface area (TPSA) is 25.8 Å². The van der Waals surface area contributed by atoms with Gasteiger partial charge in [0.15, 0.2) is 0 Å². The predicted molar refractivity (Wildman–Crippen MR) is 134 cm³/mol. The summed E-state index contributed by atoms with van der Waals surface area (Å²) in [4.78, 5) is 9.89. The number of pyridine rings is 2. The zero-order valence-corrected chi connectivity index (χ0v) is 21.7. The summed E-state index contributed by atoms with van der Waals surface area (Å²) >= 11 is 0. The van der Waals surface area contributed by atoms with Crippen LogP contribution in [0.1, 0.15) is 55.4 Å². The Morgan fingerprint density at radius 1 is 0.607 bits per heavy atom. The molecule has 0 unspecified atom stereocenters. The van der Waals surface area contributed by atoms with Crippen LogP contribution in [0.2, 0.25) is 0 Å². The van der Waals surface area contributed by atoms with Gasteiger partial charge in [0.1, 0.15) is 0 Å². The van der Waals surface area contributed by atoms with Crippen molar-refractivity contribution in [3.05, 3.63) is 36.7 Å². The van der Waals surface area contributed by atoms with Gasteiger partial charge in [-0.1, -0.05) is 67.5 Å². The Kier molecular flexibility index (Phi) is 9.01. The molecule has 0 fully saturated rings. The van der Waals surface area contributed by atoms with Crippen molar-refractivity contribution in [3.8, 4) is 0 Å². The maximum Gasteiger partial charge on any atom is 0.0715 e. The Morgan fingerprint density at radius 2 is 0.929 bits per heavy atom. The van der Waals surface area contributed by atoms with Gasteiger partial charge in [-0.3, -0.25) is 9.97 Å². The maximum absolute atomic E-state index is 4.94. The molecule has 5 heteroatoms. The lowest BCUT2D eigenvalue weighted by atomic mass is 10.5. The van der Waals surface area contributed by atoms with Gasteiger partial charge in [0.2, 0.25) is 0 Å². The van der Waals surface area contributed by atoms with E-state index < -0.39 is 7.92 Å². The molecular weight excluding hydrogens is 397 g/mol. The monoisotopic (exact) mass is 434 g/mol. The third kappa shape index (κ3) is 5.39. The molecule has 0 aliphatic rings. The number of rotatable bonds is 8. The van der Waals surface area contributed by atoms with E-state index in [1.165, 1.54) is 21.5 Å². The average Bonchev–Trinajstić information content (AvgIpc) is 2.61. The predicted octanol–water partition coefficient (Wildman–Crippen LogP) is 5.39. The third-order valence-electron chi connectivity index (χ3n) is 4.97. The summed E-state index contributed by atoms with van der Waals surface area (Å²) in [6.07, 6.45) is 3.97. The Balaban J connectivity index is 2.59. The van der Waals surface area contributed by atoms with E-state index in [9.17, 15) is 0 Å². The van der Waals surface area contributed by atoms with Crippen LogP contribution < -0.4 is 21.5 Å². The summed E-state index contributed by atoms with van der Waals surface area (Å²) in [5, 5.41) is 2.92. The molecule has 0 aromatic carbocycles. The molecule has 0 bridgehead atoms. The van der Waals surface area contributed by atoms with Crippen molar-refractivity contribution in [3.63, 3.8) is 0 Å². The van der Waals surface area contributed by atoms with E-state index in [2.05, 4.69) is 86.3 Å². The standard InChI is InChI=1S/C23H37N2P3/c1-16(2)27(17(3)4)22-20(12-10-14-24-22)26(9)21-13-11-15-25-23(21)28(18(5)6)19(7)8/h10-19H,1-9H3. The lowest BCUT2D eigenvalue weighted by Crippen LogP contribution is -2.36. The molecule has 0 N–H and O–H groups in total. The fraction of sp³-hybridized carbons (Fsp3) is 0.565. The molecule has 2 aromatic rings. The minimum Gasteiger partial charge on any atom is -0.256 e. The van der Waals surface area contributed by atoms with Gasteiger partial charge in [-0.15, -0.1) is 0 Å². The lowest BCUT2D eigenvalue weighted by molar-refractivity contribution is 1.02. The van der Waals surface area contributed by atoms with Crippen LogP contribution in [-0.2, 0) is 0 Å². The van der Waals surface area contributed by atoms with Gasteiger partial charge in [0.05, 0.1) is 10.9 Å². The summed E-state index contributed by atoms with van der Waals surface area (Å²) in [6, 6.07) is 8.90. The molecule has 2 aromatic heterocycles. The Morgan fingerprint density at radius 3 is 1.21 bits per heavy atom.